The van der Waals surface area contributed by atoms with Gasteiger partial charge in [-0.05, 0) is 51.3 Å². The zero-order chi connectivity index (χ0) is 15.5. The van der Waals surface area contributed by atoms with Gasteiger partial charge in [-0.1, -0.05) is 31.4 Å². The molecule has 0 N–H and O–H groups in total. The van der Waals surface area contributed by atoms with Crippen LogP contribution in [0.3, 0.4) is 0 Å². The van der Waals surface area contributed by atoms with Gasteiger partial charge in [-0.2, -0.15) is 5.26 Å². The van der Waals surface area contributed by atoms with Gasteiger partial charge in [-0.25, -0.2) is 4.79 Å². The van der Waals surface area contributed by atoms with Crippen molar-refractivity contribution in [3.05, 3.63) is 35.4 Å². The Morgan fingerprint density at radius 2 is 1.71 bits per heavy atom. The number of carbonyl (C=O) groups is 1. The molecule has 0 radical (unpaired) electrons. The van der Waals surface area contributed by atoms with Crippen LogP contribution in [-0.4, -0.2) is 11.6 Å². The molecule has 0 atom stereocenters. The fraction of sp³-hybridized carbons (Fsp3) is 0.556. The highest BCUT2D eigenvalue weighted by Gasteiger charge is 2.34. The van der Waals surface area contributed by atoms with Gasteiger partial charge in [-0.15, -0.1) is 0 Å². The van der Waals surface area contributed by atoms with Crippen LogP contribution in [0.25, 0.3) is 0 Å². The van der Waals surface area contributed by atoms with Crippen molar-refractivity contribution in [3.63, 3.8) is 0 Å². The number of rotatable bonds is 2. The van der Waals surface area contributed by atoms with Gasteiger partial charge in [-0.3, -0.25) is 0 Å². The highest BCUT2D eigenvalue weighted by Crippen LogP contribution is 2.38. The molecule has 0 amide bonds. The SMILES string of the molecule is CC(C)(C)OC(=O)c1ccc(C2(C#N)CCCCC2)cc1. The lowest BCUT2D eigenvalue weighted by molar-refractivity contribution is 0.00695. The molecule has 3 heteroatoms. The van der Waals surface area contributed by atoms with Crippen LogP contribution < -0.4 is 0 Å². The minimum atomic E-state index is -0.493. The second kappa shape index (κ2) is 5.89. The summed E-state index contributed by atoms with van der Waals surface area (Å²) < 4.78 is 5.36. The van der Waals surface area contributed by atoms with E-state index in [2.05, 4.69) is 6.07 Å². The molecule has 0 unspecified atom stereocenters. The summed E-state index contributed by atoms with van der Waals surface area (Å²) in [5, 5.41) is 9.58. The molecule has 0 spiro atoms. The van der Waals surface area contributed by atoms with Crippen LogP contribution in [-0.2, 0) is 10.2 Å². The van der Waals surface area contributed by atoms with Crippen molar-refractivity contribution in [1.29, 1.82) is 5.26 Å². The van der Waals surface area contributed by atoms with Crippen molar-refractivity contribution in [2.24, 2.45) is 0 Å². The Morgan fingerprint density at radius 3 is 2.19 bits per heavy atom. The molecule has 1 fully saturated rings. The molecule has 1 aliphatic carbocycles. The van der Waals surface area contributed by atoms with Crippen molar-refractivity contribution in [3.8, 4) is 6.07 Å². The molecule has 21 heavy (non-hydrogen) atoms. The van der Waals surface area contributed by atoms with E-state index in [1.54, 1.807) is 12.1 Å². The van der Waals surface area contributed by atoms with Gasteiger partial charge in [0.05, 0.1) is 17.0 Å². The summed E-state index contributed by atoms with van der Waals surface area (Å²) in [5.74, 6) is -0.316. The van der Waals surface area contributed by atoms with Crippen molar-refractivity contribution < 1.29 is 9.53 Å². The van der Waals surface area contributed by atoms with E-state index >= 15 is 0 Å². The Hall–Kier alpha value is -1.82. The van der Waals surface area contributed by atoms with Crippen molar-refractivity contribution >= 4 is 5.97 Å². The average Bonchev–Trinajstić information content (AvgIpc) is 2.46. The second-order valence-electron chi connectivity index (χ2n) is 6.83. The van der Waals surface area contributed by atoms with Crippen LogP contribution in [0, 0.1) is 11.3 Å². The van der Waals surface area contributed by atoms with Crippen molar-refractivity contribution in [2.75, 3.05) is 0 Å². The van der Waals surface area contributed by atoms with Gasteiger partial charge < -0.3 is 4.74 Å². The van der Waals surface area contributed by atoms with Crippen LogP contribution in [0.1, 0.15) is 68.8 Å². The highest BCUT2D eigenvalue weighted by atomic mass is 16.6. The zero-order valence-corrected chi connectivity index (χ0v) is 13.1. The number of ether oxygens (including phenoxy) is 1. The maximum absolute atomic E-state index is 12.0. The highest BCUT2D eigenvalue weighted by molar-refractivity contribution is 5.89. The van der Waals surface area contributed by atoms with Gasteiger partial charge in [0.15, 0.2) is 0 Å². The van der Waals surface area contributed by atoms with Crippen LogP contribution >= 0.6 is 0 Å². The van der Waals surface area contributed by atoms with Crippen molar-refractivity contribution in [1.82, 2.24) is 0 Å². The lowest BCUT2D eigenvalue weighted by Crippen LogP contribution is -2.27. The predicted molar refractivity (Wildman–Crippen MR) is 82.0 cm³/mol. The summed E-state index contributed by atoms with van der Waals surface area (Å²) in [4.78, 5) is 12.0. The lowest BCUT2D eigenvalue weighted by Gasteiger charge is -2.31. The maximum Gasteiger partial charge on any atom is 0.338 e. The average molecular weight is 285 g/mol. The molecule has 0 aromatic heterocycles. The summed E-state index contributed by atoms with van der Waals surface area (Å²) in [6, 6.07) is 9.88. The Morgan fingerprint density at radius 1 is 1.14 bits per heavy atom. The number of carbonyl (C=O) groups excluding carboxylic acids is 1. The fourth-order valence-electron chi connectivity index (χ4n) is 2.88. The molecule has 1 aromatic rings. The topological polar surface area (TPSA) is 50.1 Å². The van der Waals surface area contributed by atoms with Gasteiger partial charge in [0, 0.05) is 0 Å². The van der Waals surface area contributed by atoms with E-state index in [0.717, 1.165) is 31.2 Å². The number of nitriles is 1. The van der Waals surface area contributed by atoms with Gasteiger partial charge in [0.1, 0.15) is 5.60 Å². The fourth-order valence-corrected chi connectivity index (χ4v) is 2.88. The standard InChI is InChI=1S/C18H23NO2/c1-17(2,3)21-16(20)14-7-9-15(10-8-14)18(13-19)11-5-4-6-12-18/h7-10H,4-6,11-12H2,1-3H3. The first-order valence-electron chi connectivity index (χ1n) is 7.61. The van der Waals surface area contributed by atoms with Gasteiger partial charge in [0.25, 0.3) is 0 Å². The number of esters is 1. The molecule has 0 aliphatic heterocycles. The number of hydrogen-bond donors (Lipinski definition) is 0. The molecule has 0 saturated heterocycles. The molecule has 3 nitrogen and oxygen atoms in total. The minimum absolute atomic E-state index is 0.316. The van der Waals surface area contributed by atoms with Crippen LogP contribution in [0.15, 0.2) is 24.3 Å². The van der Waals surface area contributed by atoms with Crippen LogP contribution in [0.5, 0.6) is 0 Å². The monoisotopic (exact) mass is 285 g/mol. The van der Waals surface area contributed by atoms with E-state index in [4.69, 9.17) is 4.74 Å². The Kier molecular flexibility index (Phi) is 4.37. The van der Waals surface area contributed by atoms with Crippen LogP contribution in [0.2, 0.25) is 0 Å². The van der Waals surface area contributed by atoms with E-state index < -0.39 is 5.60 Å². The summed E-state index contributed by atoms with van der Waals surface area (Å²) >= 11 is 0. The second-order valence-corrected chi connectivity index (χ2v) is 6.83. The largest absolute Gasteiger partial charge is 0.456 e. The number of benzene rings is 1. The van der Waals surface area contributed by atoms with E-state index in [0.29, 0.717) is 5.56 Å². The number of hydrogen-bond acceptors (Lipinski definition) is 3. The molecule has 1 aliphatic rings. The third-order valence-electron chi connectivity index (χ3n) is 3.99. The molecule has 112 valence electrons. The minimum Gasteiger partial charge on any atom is -0.456 e. The van der Waals surface area contributed by atoms with E-state index in [-0.39, 0.29) is 11.4 Å². The third-order valence-corrected chi connectivity index (χ3v) is 3.99. The third kappa shape index (κ3) is 3.64. The quantitative estimate of drug-likeness (QED) is 0.758. The predicted octanol–water partition coefficient (Wildman–Crippen LogP) is 4.37. The van der Waals surface area contributed by atoms with E-state index in [1.807, 2.05) is 32.9 Å². The van der Waals surface area contributed by atoms with E-state index in [1.165, 1.54) is 6.42 Å². The summed E-state index contributed by atoms with van der Waals surface area (Å²) in [7, 11) is 0. The van der Waals surface area contributed by atoms with Crippen LogP contribution in [0.4, 0.5) is 0 Å². The van der Waals surface area contributed by atoms with Gasteiger partial charge in [0.2, 0.25) is 0 Å². The summed E-state index contributed by atoms with van der Waals surface area (Å²) in [6.07, 6.45) is 5.23. The molecule has 0 bridgehead atoms. The van der Waals surface area contributed by atoms with Crippen molar-refractivity contribution in [2.45, 2.75) is 63.9 Å². The molecule has 2 rings (SSSR count). The Labute approximate surface area is 126 Å². The Bertz CT molecular complexity index is 540. The molecule has 1 aromatic carbocycles. The first-order chi connectivity index (χ1) is 9.86. The molecule has 0 heterocycles. The maximum atomic E-state index is 12.0. The summed E-state index contributed by atoms with van der Waals surface area (Å²) in [6.45, 7) is 5.56. The summed E-state index contributed by atoms with van der Waals surface area (Å²) in [5.41, 5.74) is 0.701. The first kappa shape index (κ1) is 15.6. The molecule has 1 saturated carbocycles. The lowest BCUT2D eigenvalue weighted by atomic mass is 9.70. The first-order valence-corrected chi connectivity index (χ1v) is 7.61. The Balaban J connectivity index is 2.19. The molecular weight excluding hydrogens is 262 g/mol. The van der Waals surface area contributed by atoms with Gasteiger partial charge >= 0.3 is 5.97 Å². The normalized spacial score (nSPS) is 17.8. The number of nitrogens with zero attached hydrogens (tertiary/aromatic N) is 1. The molecular formula is C18H23NO2. The zero-order valence-electron chi connectivity index (χ0n) is 13.1. The smallest absolute Gasteiger partial charge is 0.338 e. The van der Waals surface area contributed by atoms with E-state index in [9.17, 15) is 10.1 Å².